The largest absolute Gasteiger partial charge is 0.475 e. The van der Waals surface area contributed by atoms with Crippen molar-refractivity contribution in [3.8, 4) is 0 Å². The Bertz CT molecular complexity index is 583. The number of para-hydroxylation sites is 1. The number of fused-ring (bicyclic) bond motifs is 1. The van der Waals surface area contributed by atoms with Gasteiger partial charge in [-0.1, -0.05) is 18.2 Å². The van der Waals surface area contributed by atoms with Gasteiger partial charge < -0.3 is 24.9 Å². The van der Waals surface area contributed by atoms with Crippen LogP contribution in [-0.2, 0) is 11.2 Å². The number of hydrogen-bond donors (Lipinski definition) is 4. The first-order valence-corrected chi connectivity index (χ1v) is 6.33. The summed E-state index contributed by atoms with van der Waals surface area (Å²) in [6.07, 6.45) is 1.69. The molecule has 1 unspecified atom stereocenters. The van der Waals surface area contributed by atoms with Crippen LogP contribution in [0.15, 0.2) is 34.9 Å². The molecule has 0 spiro atoms. The summed E-state index contributed by atoms with van der Waals surface area (Å²) < 4.78 is 5.37. The fraction of sp³-hybridized carbons (Fsp3) is 0.308. The molecule has 0 aliphatic heterocycles. The summed E-state index contributed by atoms with van der Waals surface area (Å²) in [6, 6.07) is 7.38. The van der Waals surface area contributed by atoms with Crippen LogP contribution in [0.5, 0.6) is 0 Å². The lowest BCUT2D eigenvalue weighted by molar-refractivity contribution is -0.122. The van der Waals surface area contributed by atoms with Crippen molar-refractivity contribution in [2.45, 2.75) is 18.8 Å². The summed E-state index contributed by atoms with van der Waals surface area (Å²) in [4.78, 5) is 11.4. The zero-order chi connectivity index (χ0) is 14.5. The van der Waals surface area contributed by atoms with Crippen LogP contribution in [0.25, 0.3) is 11.0 Å². The maximum atomic E-state index is 11.4. The zero-order valence-electron chi connectivity index (χ0n) is 10.8. The summed E-state index contributed by atoms with van der Waals surface area (Å²) in [5.41, 5.74) is 1.48. The van der Waals surface area contributed by atoms with Crippen LogP contribution in [0, 0.1) is 0 Å². The van der Waals surface area contributed by atoms with E-state index in [0.29, 0.717) is 5.58 Å². The number of aliphatic hydroxyl groups excluding tert-OH is 1. The van der Waals surface area contributed by atoms with Crippen LogP contribution in [0.3, 0.4) is 0 Å². The first-order chi connectivity index (χ1) is 9.61. The third-order valence-electron chi connectivity index (χ3n) is 3.05. The summed E-state index contributed by atoms with van der Waals surface area (Å²) in [7, 11) is -1.69. The molecule has 2 rings (SSSR count). The third kappa shape index (κ3) is 3.38. The van der Waals surface area contributed by atoms with Gasteiger partial charge in [0.25, 0.3) is 0 Å². The standard InChI is InChI=1S/C13H16BNO5/c16-6-5-13(17)15-12(14(18)19)7-9-8-20-11-4-2-1-3-10(9)11/h1-4,8,12,16,18-19H,5-7H2,(H,15,17). The molecule has 1 aromatic carbocycles. The van der Waals surface area contributed by atoms with Gasteiger partial charge in [-0.05, 0) is 18.1 Å². The first-order valence-electron chi connectivity index (χ1n) is 6.33. The van der Waals surface area contributed by atoms with Gasteiger partial charge in [0.05, 0.1) is 18.8 Å². The molecule has 106 valence electrons. The molecular weight excluding hydrogens is 261 g/mol. The van der Waals surface area contributed by atoms with Crippen molar-refractivity contribution >= 4 is 24.0 Å². The predicted molar refractivity (Wildman–Crippen MR) is 73.7 cm³/mol. The number of furan rings is 1. The Hall–Kier alpha value is -1.83. The van der Waals surface area contributed by atoms with E-state index in [9.17, 15) is 14.8 Å². The zero-order valence-corrected chi connectivity index (χ0v) is 10.8. The van der Waals surface area contributed by atoms with Crippen LogP contribution in [-0.4, -0.2) is 40.7 Å². The van der Waals surface area contributed by atoms with Gasteiger partial charge in [-0.3, -0.25) is 4.79 Å². The number of rotatable bonds is 6. The molecule has 0 bridgehead atoms. The topological polar surface area (TPSA) is 103 Å². The molecule has 0 radical (unpaired) electrons. The van der Waals surface area contributed by atoms with Crippen LogP contribution >= 0.6 is 0 Å². The third-order valence-corrected chi connectivity index (χ3v) is 3.05. The Kier molecular flexibility index (Phi) is 4.78. The lowest BCUT2D eigenvalue weighted by Gasteiger charge is -2.17. The minimum Gasteiger partial charge on any atom is -0.464 e. The highest BCUT2D eigenvalue weighted by molar-refractivity contribution is 6.43. The van der Waals surface area contributed by atoms with Gasteiger partial charge in [-0.15, -0.1) is 0 Å². The normalized spacial score (nSPS) is 12.3. The molecule has 2 aromatic rings. The van der Waals surface area contributed by atoms with E-state index in [1.807, 2.05) is 24.3 Å². The number of aliphatic hydroxyl groups is 1. The van der Waals surface area contributed by atoms with Gasteiger partial charge in [-0.2, -0.15) is 0 Å². The Balaban J connectivity index is 2.13. The van der Waals surface area contributed by atoms with Gasteiger partial charge in [0.15, 0.2) is 0 Å². The van der Waals surface area contributed by atoms with Gasteiger partial charge in [0, 0.05) is 11.8 Å². The molecule has 1 aromatic heterocycles. The van der Waals surface area contributed by atoms with Crippen molar-refractivity contribution in [1.29, 1.82) is 0 Å². The van der Waals surface area contributed by atoms with E-state index in [-0.39, 0.29) is 19.4 Å². The molecule has 0 aliphatic rings. The minimum absolute atomic E-state index is 0.0741. The van der Waals surface area contributed by atoms with Crippen LogP contribution in [0.1, 0.15) is 12.0 Å². The summed E-state index contributed by atoms with van der Waals surface area (Å²) in [5, 5.41) is 30.7. The molecule has 0 aliphatic carbocycles. The predicted octanol–water partition coefficient (Wildman–Crippen LogP) is -0.146. The number of nitrogens with one attached hydrogen (secondary N) is 1. The van der Waals surface area contributed by atoms with Gasteiger partial charge in [0.2, 0.25) is 5.91 Å². The lowest BCUT2D eigenvalue weighted by atomic mass is 9.76. The maximum absolute atomic E-state index is 11.4. The fourth-order valence-electron chi connectivity index (χ4n) is 2.04. The highest BCUT2D eigenvalue weighted by Gasteiger charge is 2.26. The van der Waals surface area contributed by atoms with E-state index >= 15 is 0 Å². The number of amides is 1. The van der Waals surface area contributed by atoms with Crippen LogP contribution in [0.2, 0.25) is 0 Å². The monoisotopic (exact) mass is 277 g/mol. The van der Waals surface area contributed by atoms with Crippen molar-refractivity contribution in [2.24, 2.45) is 0 Å². The van der Waals surface area contributed by atoms with E-state index < -0.39 is 19.0 Å². The SMILES string of the molecule is O=C(CCO)NC(Cc1coc2ccccc12)B(O)O. The Morgan fingerprint density at radius 1 is 1.35 bits per heavy atom. The highest BCUT2D eigenvalue weighted by atomic mass is 16.4. The minimum atomic E-state index is -1.69. The fourth-order valence-corrected chi connectivity index (χ4v) is 2.04. The molecule has 1 amide bonds. The van der Waals surface area contributed by atoms with Gasteiger partial charge in [0.1, 0.15) is 5.58 Å². The number of benzene rings is 1. The molecule has 0 saturated heterocycles. The second-order valence-corrected chi connectivity index (χ2v) is 4.52. The number of hydrogen-bond acceptors (Lipinski definition) is 5. The molecule has 1 heterocycles. The molecule has 20 heavy (non-hydrogen) atoms. The van der Waals surface area contributed by atoms with E-state index in [0.717, 1.165) is 10.9 Å². The molecule has 0 fully saturated rings. The number of carbonyl (C=O) groups excluding carboxylic acids is 1. The van der Waals surface area contributed by atoms with Crippen molar-refractivity contribution in [2.75, 3.05) is 6.61 Å². The van der Waals surface area contributed by atoms with E-state index in [1.54, 1.807) is 0 Å². The number of carbonyl (C=O) groups is 1. The Labute approximate surface area is 116 Å². The van der Waals surface area contributed by atoms with Crippen LogP contribution < -0.4 is 5.32 Å². The smallest absolute Gasteiger partial charge is 0.464 e. The molecule has 0 saturated carbocycles. The van der Waals surface area contributed by atoms with Crippen molar-refractivity contribution in [3.05, 3.63) is 36.1 Å². The molecule has 6 nitrogen and oxygen atoms in total. The second-order valence-electron chi connectivity index (χ2n) is 4.52. The summed E-state index contributed by atoms with van der Waals surface area (Å²) in [5.74, 6) is -1.28. The van der Waals surface area contributed by atoms with Gasteiger partial charge >= 0.3 is 7.12 Å². The van der Waals surface area contributed by atoms with Gasteiger partial charge in [-0.25, -0.2) is 0 Å². The lowest BCUT2D eigenvalue weighted by Crippen LogP contribution is -2.48. The maximum Gasteiger partial charge on any atom is 0.475 e. The Morgan fingerprint density at radius 2 is 2.10 bits per heavy atom. The molecule has 4 N–H and O–H groups in total. The summed E-state index contributed by atoms with van der Waals surface area (Å²) in [6.45, 7) is -0.283. The molecule has 1 atom stereocenters. The van der Waals surface area contributed by atoms with Crippen molar-refractivity contribution in [1.82, 2.24) is 5.32 Å². The first kappa shape index (κ1) is 14.6. The summed E-state index contributed by atoms with van der Waals surface area (Å²) >= 11 is 0. The average Bonchev–Trinajstić information content (AvgIpc) is 2.82. The second kappa shape index (κ2) is 6.56. The molecular formula is C13H16BNO5. The van der Waals surface area contributed by atoms with Crippen molar-refractivity contribution in [3.63, 3.8) is 0 Å². The Morgan fingerprint density at radius 3 is 2.80 bits per heavy atom. The quantitative estimate of drug-likeness (QED) is 0.550. The average molecular weight is 277 g/mol. The van der Waals surface area contributed by atoms with Crippen LogP contribution in [0.4, 0.5) is 0 Å². The van der Waals surface area contributed by atoms with E-state index in [2.05, 4.69) is 5.32 Å². The van der Waals surface area contributed by atoms with E-state index in [4.69, 9.17) is 9.52 Å². The molecule has 7 heteroatoms. The van der Waals surface area contributed by atoms with Crippen molar-refractivity contribution < 1.29 is 24.4 Å². The van der Waals surface area contributed by atoms with E-state index in [1.165, 1.54) is 6.26 Å². The highest BCUT2D eigenvalue weighted by Crippen LogP contribution is 2.22.